The fourth-order valence-electron chi connectivity index (χ4n) is 2.15. The summed E-state index contributed by atoms with van der Waals surface area (Å²) in [5, 5.41) is 0. The molecule has 0 saturated carbocycles. The summed E-state index contributed by atoms with van der Waals surface area (Å²) in [5.41, 5.74) is 10.1. The molecule has 0 fully saturated rings. The Balaban J connectivity index is 2.21. The Labute approximate surface area is 107 Å². The van der Waals surface area contributed by atoms with Gasteiger partial charge in [0.25, 0.3) is 0 Å². The third-order valence-electron chi connectivity index (χ3n) is 3.09. The molecule has 2 N–H and O–H groups in total. The molecule has 0 amide bonds. The summed E-state index contributed by atoms with van der Waals surface area (Å²) in [6, 6.07) is 12.9. The molecule has 18 heavy (non-hydrogen) atoms. The maximum atomic E-state index is 13.7. The predicted molar refractivity (Wildman–Crippen MR) is 72.9 cm³/mol. The summed E-state index contributed by atoms with van der Waals surface area (Å²) < 4.78 is 13.7. The van der Waals surface area contributed by atoms with E-state index in [9.17, 15) is 4.39 Å². The highest BCUT2D eigenvalue weighted by atomic mass is 19.1. The molecule has 2 aromatic rings. The van der Waals surface area contributed by atoms with Gasteiger partial charge >= 0.3 is 0 Å². The van der Waals surface area contributed by atoms with Gasteiger partial charge in [0.2, 0.25) is 0 Å². The number of halogens is 1. The van der Waals surface area contributed by atoms with Crippen molar-refractivity contribution in [2.75, 3.05) is 0 Å². The van der Waals surface area contributed by atoms with Crippen LogP contribution in [0.3, 0.4) is 0 Å². The summed E-state index contributed by atoms with van der Waals surface area (Å²) in [6.07, 6.45) is 0.655. The summed E-state index contributed by atoms with van der Waals surface area (Å²) >= 11 is 0. The lowest BCUT2D eigenvalue weighted by Gasteiger charge is -2.14. The molecule has 0 aliphatic rings. The normalized spacial score (nSPS) is 12.4. The van der Waals surface area contributed by atoms with Crippen LogP contribution in [0.15, 0.2) is 42.5 Å². The second-order valence-corrected chi connectivity index (χ2v) is 4.82. The first-order chi connectivity index (χ1) is 8.56. The summed E-state index contributed by atoms with van der Waals surface area (Å²) in [4.78, 5) is 0. The minimum Gasteiger partial charge on any atom is -0.324 e. The van der Waals surface area contributed by atoms with E-state index in [1.807, 2.05) is 38.1 Å². The highest BCUT2D eigenvalue weighted by Gasteiger charge is 2.12. The van der Waals surface area contributed by atoms with Crippen LogP contribution in [0.4, 0.5) is 4.39 Å². The Hall–Kier alpha value is -1.67. The van der Waals surface area contributed by atoms with Crippen molar-refractivity contribution in [3.63, 3.8) is 0 Å². The van der Waals surface area contributed by atoms with E-state index < -0.39 is 0 Å². The molecule has 0 bridgehead atoms. The fourth-order valence-corrected chi connectivity index (χ4v) is 2.15. The van der Waals surface area contributed by atoms with Crippen LogP contribution in [0, 0.1) is 19.7 Å². The van der Waals surface area contributed by atoms with Crippen LogP contribution in [0.1, 0.15) is 28.3 Å². The molecule has 1 nitrogen and oxygen atoms in total. The lowest BCUT2D eigenvalue weighted by atomic mass is 9.97. The van der Waals surface area contributed by atoms with Crippen molar-refractivity contribution in [1.29, 1.82) is 0 Å². The monoisotopic (exact) mass is 243 g/mol. The van der Waals surface area contributed by atoms with E-state index in [0.29, 0.717) is 12.0 Å². The zero-order valence-electron chi connectivity index (χ0n) is 10.8. The molecule has 1 atom stereocenters. The third-order valence-corrected chi connectivity index (χ3v) is 3.09. The Morgan fingerprint density at radius 3 is 2.50 bits per heavy atom. The lowest BCUT2D eigenvalue weighted by molar-refractivity contribution is 0.579. The molecule has 2 rings (SSSR count). The first kappa shape index (κ1) is 12.8. The molecule has 0 aliphatic heterocycles. The van der Waals surface area contributed by atoms with Crippen LogP contribution in [0.2, 0.25) is 0 Å². The average Bonchev–Trinajstić information content (AvgIpc) is 2.32. The summed E-state index contributed by atoms with van der Waals surface area (Å²) in [7, 11) is 0. The molecule has 0 radical (unpaired) electrons. The number of aryl methyl sites for hydroxylation is 2. The van der Waals surface area contributed by atoms with Gasteiger partial charge in [0.15, 0.2) is 0 Å². The molecule has 0 aliphatic carbocycles. The number of hydrogen-bond donors (Lipinski definition) is 1. The third kappa shape index (κ3) is 2.96. The second-order valence-electron chi connectivity index (χ2n) is 4.82. The summed E-state index contributed by atoms with van der Waals surface area (Å²) in [6.45, 7) is 3.99. The minimum absolute atomic E-state index is 0.222. The van der Waals surface area contributed by atoms with E-state index in [2.05, 4.69) is 6.07 Å². The Kier molecular flexibility index (Phi) is 3.78. The smallest absolute Gasteiger partial charge is 0.128 e. The van der Waals surface area contributed by atoms with Crippen LogP contribution < -0.4 is 5.73 Å². The van der Waals surface area contributed by atoms with Gasteiger partial charge in [-0.25, -0.2) is 4.39 Å². The van der Waals surface area contributed by atoms with Gasteiger partial charge in [0.05, 0.1) is 0 Å². The average molecular weight is 243 g/mol. The second kappa shape index (κ2) is 5.32. The van der Waals surface area contributed by atoms with E-state index in [1.54, 1.807) is 6.07 Å². The largest absolute Gasteiger partial charge is 0.324 e. The SMILES string of the molecule is Cc1cccc(CC(N)c2cc(C)ccc2F)c1. The molecular formula is C16H18FN. The topological polar surface area (TPSA) is 26.0 Å². The maximum absolute atomic E-state index is 13.7. The van der Waals surface area contributed by atoms with Crippen molar-refractivity contribution in [3.8, 4) is 0 Å². The predicted octanol–water partition coefficient (Wildman–Crippen LogP) is 3.69. The molecule has 1 unspecified atom stereocenters. The van der Waals surface area contributed by atoms with Crippen LogP contribution in [-0.2, 0) is 6.42 Å². The van der Waals surface area contributed by atoms with Crippen LogP contribution in [-0.4, -0.2) is 0 Å². The van der Waals surface area contributed by atoms with Gasteiger partial charge < -0.3 is 5.73 Å². The van der Waals surface area contributed by atoms with Gasteiger partial charge in [0, 0.05) is 11.6 Å². The van der Waals surface area contributed by atoms with Crippen molar-refractivity contribution < 1.29 is 4.39 Å². The molecule has 0 saturated heterocycles. The maximum Gasteiger partial charge on any atom is 0.128 e. The van der Waals surface area contributed by atoms with Crippen molar-refractivity contribution >= 4 is 0 Å². The number of nitrogens with two attached hydrogens (primary N) is 1. The Bertz CT molecular complexity index is 549. The van der Waals surface area contributed by atoms with Crippen molar-refractivity contribution in [2.45, 2.75) is 26.3 Å². The molecule has 2 aromatic carbocycles. The minimum atomic E-state index is -0.299. The van der Waals surface area contributed by atoms with Gasteiger partial charge in [0.1, 0.15) is 5.82 Å². The van der Waals surface area contributed by atoms with Crippen molar-refractivity contribution in [3.05, 3.63) is 70.5 Å². The zero-order chi connectivity index (χ0) is 13.1. The summed E-state index contributed by atoms with van der Waals surface area (Å²) in [5.74, 6) is -0.222. The van der Waals surface area contributed by atoms with E-state index in [0.717, 1.165) is 11.1 Å². The van der Waals surface area contributed by atoms with Crippen molar-refractivity contribution in [2.24, 2.45) is 5.73 Å². The highest BCUT2D eigenvalue weighted by Crippen LogP contribution is 2.20. The van der Waals surface area contributed by atoms with Gasteiger partial charge in [-0.05, 0) is 31.9 Å². The molecule has 0 heterocycles. The quantitative estimate of drug-likeness (QED) is 0.874. The van der Waals surface area contributed by atoms with Crippen LogP contribution >= 0.6 is 0 Å². The van der Waals surface area contributed by atoms with E-state index >= 15 is 0 Å². The van der Waals surface area contributed by atoms with E-state index in [-0.39, 0.29) is 11.9 Å². The molecular weight excluding hydrogens is 225 g/mol. The molecule has 0 aromatic heterocycles. The number of rotatable bonds is 3. The lowest BCUT2D eigenvalue weighted by Crippen LogP contribution is -2.15. The standard InChI is InChI=1S/C16H18FN/c1-11-4-3-5-13(8-11)10-16(18)14-9-12(2)6-7-15(14)17/h3-9,16H,10,18H2,1-2H3. The first-order valence-corrected chi connectivity index (χ1v) is 6.13. The fraction of sp³-hybridized carbons (Fsp3) is 0.250. The van der Waals surface area contributed by atoms with Gasteiger partial charge in [-0.1, -0.05) is 47.5 Å². The van der Waals surface area contributed by atoms with Crippen molar-refractivity contribution in [1.82, 2.24) is 0 Å². The Morgan fingerprint density at radius 2 is 1.78 bits per heavy atom. The zero-order valence-corrected chi connectivity index (χ0v) is 10.8. The molecule has 94 valence electrons. The van der Waals surface area contributed by atoms with Crippen LogP contribution in [0.25, 0.3) is 0 Å². The van der Waals surface area contributed by atoms with Crippen LogP contribution in [0.5, 0.6) is 0 Å². The molecule has 2 heteroatoms. The Morgan fingerprint density at radius 1 is 1.06 bits per heavy atom. The highest BCUT2D eigenvalue weighted by molar-refractivity contribution is 5.29. The van der Waals surface area contributed by atoms with E-state index in [4.69, 9.17) is 5.73 Å². The number of hydrogen-bond acceptors (Lipinski definition) is 1. The number of benzene rings is 2. The van der Waals surface area contributed by atoms with Gasteiger partial charge in [-0.2, -0.15) is 0 Å². The molecule has 0 spiro atoms. The van der Waals surface area contributed by atoms with Gasteiger partial charge in [-0.15, -0.1) is 0 Å². The van der Waals surface area contributed by atoms with Gasteiger partial charge in [-0.3, -0.25) is 0 Å². The first-order valence-electron chi connectivity index (χ1n) is 6.13. The van der Waals surface area contributed by atoms with E-state index in [1.165, 1.54) is 11.6 Å².